The summed E-state index contributed by atoms with van der Waals surface area (Å²) in [4.78, 5) is 14.0. The highest BCUT2D eigenvalue weighted by Gasteiger charge is 2.27. The van der Waals surface area contributed by atoms with Crippen LogP contribution in [0.4, 0.5) is 0 Å². The number of benzene rings is 1. The number of nitrogens with two attached hydrogens (primary N) is 1. The zero-order valence-electron chi connectivity index (χ0n) is 11.2. The molecule has 0 spiro atoms. The number of nitrogens with zero attached hydrogens (tertiary/aromatic N) is 3. The molecule has 0 aliphatic carbocycles. The van der Waals surface area contributed by atoms with Crippen molar-refractivity contribution in [2.45, 2.75) is 0 Å². The van der Waals surface area contributed by atoms with Crippen molar-refractivity contribution in [2.24, 2.45) is 5.14 Å². The van der Waals surface area contributed by atoms with E-state index >= 15 is 0 Å². The van der Waals surface area contributed by atoms with Crippen LogP contribution in [0.5, 0.6) is 0 Å². The number of amides is 1. The maximum absolute atomic E-state index is 12.4. The van der Waals surface area contributed by atoms with Gasteiger partial charge < -0.3 is 4.90 Å². The molecule has 0 saturated carbocycles. The molecule has 3 N–H and O–H groups in total. The highest BCUT2D eigenvalue weighted by molar-refractivity contribution is 7.86. The largest absolute Gasteiger partial charge is 0.336 e. The average molecular weight is 309 g/mol. The lowest BCUT2D eigenvalue weighted by Gasteiger charge is -2.32. The lowest BCUT2D eigenvalue weighted by molar-refractivity contribution is 0.0698. The van der Waals surface area contributed by atoms with Crippen LogP contribution in [-0.2, 0) is 10.2 Å². The Bertz CT molecular complexity index is 777. The Kier molecular flexibility index (Phi) is 3.40. The minimum Gasteiger partial charge on any atom is -0.336 e. The van der Waals surface area contributed by atoms with Gasteiger partial charge in [0.05, 0.1) is 11.7 Å². The number of carbonyl (C=O) groups excluding carboxylic acids is 1. The number of hydrogen-bond acceptors (Lipinski definition) is 4. The van der Waals surface area contributed by atoms with E-state index in [1.807, 2.05) is 6.07 Å². The number of aromatic amines is 1. The summed E-state index contributed by atoms with van der Waals surface area (Å²) in [6, 6.07) is 5.32. The van der Waals surface area contributed by atoms with E-state index in [1.54, 1.807) is 23.2 Å². The summed E-state index contributed by atoms with van der Waals surface area (Å²) in [7, 11) is -3.68. The molecule has 1 amide bonds. The van der Waals surface area contributed by atoms with Crippen LogP contribution in [0.3, 0.4) is 0 Å². The summed E-state index contributed by atoms with van der Waals surface area (Å²) in [5.41, 5.74) is 1.35. The number of aromatic nitrogens is 2. The van der Waals surface area contributed by atoms with Crippen molar-refractivity contribution in [3.63, 3.8) is 0 Å². The van der Waals surface area contributed by atoms with Crippen LogP contribution in [0.25, 0.3) is 10.9 Å². The first kappa shape index (κ1) is 14.0. The van der Waals surface area contributed by atoms with Gasteiger partial charge in [0.25, 0.3) is 16.1 Å². The first-order valence-electron chi connectivity index (χ1n) is 6.45. The van der Waals surface area contributed by atoms with E-state index in [0.29, 0.717) is 18.7 Å². The van der Waals surface area contributed by atoms with Crippen molar-refractivity contribution in [1.29, 1.82) is 0 Å². The molecule has 0 unspecified atom stereocenters. The fourth-order valence-electron chi connectivity index (χ4n) is 2.40. The Morgan fingerprint density at radius 3 is 2.62 bits per heavy atom. The second-order valence-corrected chi connectivity index (χ2v) is 6.45. The number of rotatable bonds is 2. The monoisotopic (exact) mass is 309 g/mol. The fraction of sp³-hybridized carbons (Fsp3) is 0.333. The van der Waals surface area contributed by atoms with Gasteiger partial charge in [-0.25, -0.2) is 5.14 Å². The standard InChI is InChI=1S/C12H15N5O3S/c13-21(19,20)17-5-3-16(4-6-17)12(18)9-1-2-10-8-14-15-11(10)7-9/h1-2,7-8H,3-6H2,(H,14,15)(H2,13,19,20). The zero-order chi connectivity index (χ0) is 15.0. The van der Waals surface area contributed by atoms with Crippen LogP contribution in [0, 0.1) is 0 Å². The van der Waals surface area contributed by atoms with Gasteiger partial charge in [0.2, 0.25) is 0 Å². The van der Waals surface area contributed by atoms with E-state index in [1.165, 1.54) is 4.31 Å². The SMILES string of the molecule is NS(=O)(=O)N1CCN(C(=O)c2ccc3cn[nH]c3c2)CC1. The number of carbonyl (C=O) groups is 1. The maximum Gasteiger partial charge on any atom is 0.277 e. The molecule has 112 valence electrons. The summed E-state index contributed by atoms with van der Waals surface area (Å²) in [6.07, 6.45) is 1.69. The minimum atomic E-state index is -3.68. The molecule has 1 aromatic carbocycles. The Morgan fingerprint density at radius 2 is 1.95 bits per heavy atom. The van der Waals surface area contributed by atoms with E-state index < -0.39 is 10.2 Å². The molecule has 2 aromatic rings. The Hall–Kier alpha value is -1.97. The second-order valence-electron chi connectivity index (χ2n) is 4.91. The predicted molar refractivity (Wildman–Crippen MR) is 76.7 cm³/mol. The topological polar surface area (TPSA) is 112 Å². The molecule has 8 nitrogen and oxygen atoms in total. The second kappa shape index (κ2) is 5.10. The summed E-state index contributed by atoms with van der Waals surface area (Å²) in [6.45, 7) is 1.10. The first-order valence-corrected chi connectivity index (χ1v) is 7.96. The molecule has 0 bridgehead atoms. The van der Waals surface area contributed by atoms with Crippen molar-refractivity contribution in [1.82, 2.24) is 19.4 Å². The minimum absolute atomic E-state index is 0.124. The van der Waals surface area contributed by atoms with Gasteiger partial charge in [-0.15, -0.1) is 0 Å². The van der Waals surface area contributed by atoms with Crippen LogP contribution in [0.15, 0.2) is 24.4 Å². The Balaban J connectivity index is 1.74. The molecule has 1 saturated heterocycles. The average Bonchev–Trinajstić information content (AvgIpc) is 2.93. The molecule has 21 heavy (non-hydrogen) atoms. The number of fused-ring (bicyclic) bond motifs is 1. The van der Waals surface area contributed by atoms with Crippen molar-refractivity contribution in [2.75, 3.05) is 26.2 Å². The fourth-order valence-corrected chi connectivity index (χ4v) is 3.07. The van der Waals surface area contributed by atoms with Gasteiger partial charge in [0.1, 0.15) is 0 Å². The Labute approximate surface area is 121 Å². The lowest BCUT2D eigenvalue weighted by Crippen LogP contribution is -2.52. The summed E-state index contributed by atoms with van der Waals surface area (Å²) in [5.74, 6) is -0.124. The molecule has 9 heteroatoms. The smallest absolute Gasteiger partial charge is 0.277 e. The van der Waals surface area contributed by atoms with Crippen molar-refractivity contribution >= 4 is 27.0 Å². The van der Waals surface area contributed by atoms with Gasteiger partial charge in [-0.05, 0) is 12.1 Å². The molecule has 3 rings (SSSR count). The van der Waals surface area contributed by atoms with E-state index in [4.69, 9.17) is 5.14 Å². The highest BCUT2D eigenvalue weighted by Crippen LogP contribution is 2.15. The van der Waals surface area contributed by atoms with Crippen LogP contribution in [-0.4, -0.2) is 59.9 Å². The van der Waals surface area contributed by atoms with Crippen LogP contribution < -0.4 is 5.14 Å². The third-order valence-electron chi connectivity index (χ3n) is 3.57. The molecule has 1 aromatic heterocycles. The summed E-state index contributed by atoms with van der Waals surface area (Å²) in [5, 5.41) is 12.7. The van der Waals surface area contributed by atoms with E-state index in [9.17, 15) is 13.2 Å². The van der Waals surface area contributed by atoms with Crippen molar-refractivity contribution in [3.05, 3.63) is 30.0 Å². The van der Waals surface area contributed by atoms with Crippen LogP contribution in [0.2, 0.25) is 0 Å². The van der Waals surface area contributed by atoms with Crippen LogP contribution >= 0.6 is 0 Å². The molecule has 0 atom stereocenters. The van der Waals surface area contributed by atoms with E-state index in [2.05, 4.69) is 10.2 Å². The van der Waals surface area contributed by atoms with Gasteiger partial charge in [0, 0.05) is 37.1 Å². The molecule has 1 aliphatic heterocycles. The van der Waals surface area contributed by atoms with E-state index in [0.717, 1.165) is 10.9 Å². The van der Waals surface area contributed by atoms with Gasteiger partial charge in [-0.2, -0.15) is 17.8 Å². The Morgan fingerprint density at radius 1 is 1.24 bits per heavy atom. The normalized spacial score (nSPS) is 17.3. The number of hydrogen-bond donors (Lipinski definition) is 2. The predicted octanol–water partition coefficient (Wildman–Crippen LogP) is -0.476. The molecular formula is C12H15N5O3S. The molecule has 1 fully saturated rings. The molecule has 2 heterocycles. The summed E-state index contributed by atoms with van der Waals surface area (Å²) >= 11 is 0. The third kappa shape index (κ3) is 2.75. The number of piperazine rings is 1. The van der Waals surface area contributed by atoms with Crippen molar-refractivity contribution in [3.8, 4) is 0 Å². The maximum atomic E-state index is 12.4. The molecular weight excluding hydrogens is 294 g/mol. The van der Waals surface area contributed by atoms with Gasteiger partial charge in [0.15, 0.2) is 0 Å². The van der Waals surface area contributed by atoms with Gasteiger partial charge in [-0.1, -0.05) is 6.07 Å². The molecule has 1 aliphatic rings. The van der Waals surface area contributed by atoms with Gasteiger partial charge in [-0.3, -0.25) is 9.89 Å². The zero-order valence-corrected chi connectivity index (χ0v) is 12.0. The highest BCUT2D eigenvalue weighted by atomic mass is 32.2. The van der Waals surface area contributed by atoms with Crippen LogP contribution in [0.1, 0.15) is 10.4 Å². The first-order chi connectivity index (χ1) is 9.95. The summed E-state index contributed by atoms with van der Waals surface area (Å²) < 4.78 is 23.7. The molecule has 0 radical (unpaired) electrons. The van der Waals surface area contributed by atoms with Gasteiger partial charge >= 0.3 is 0 Å². The van der Waals surface area contributed by atoms with E-state index in [-0.39, 0.29) is 19.0 Å². The third-order valence-corrected chi connectivity index (χ3v) is 4.66. The number of nitrogens with one attached hydrogen (secondary N) is 1. The quantitative estimate of drug-likeness (QED) is 0.780. The number of H-pyrrole nitrogens is 1. The van der Waals surface area contributed by atoms with Crippen molar-refractivity contribution < 1.29 is 13.2 Å². The lowest BCUT2D eigenvalue weighted by atomic mass is 10.1.